The molecule has 144 valence electrons. The molecule has 0 saturated carbocycles. The third kappa shape index (κ3) is 4.34. The maximum Gasteiger partial charge on any atom is 0.271 e. The van der Waals surface area contributed by atoms with E-state index in [2.05, 4.69) is 20.8 Å². The van der Waals surface area contributed by atoms with Crippen molar-refractivity contribution >= 4 is 29.0 Å². The number of thioether (sulfide) groups is 1. The van der Waals surface area contributed by atoms with Crippen LogP contribution in [-0.2, 0) is 4.79 Å². The molecule has 0 spiro atoms. The number of nitro groups is 1. The number of nitrogens with one attached hydrogen (secondary N) is 1. The number of aromatic nitrogens is 4. The second kappa shape index (κ2) is 8.17. The molecule has 1 amide bonds. The van der Waals surface area contributed by atoms with Crippen LogP contribution in [0.1, 0.15) is 18.1 Å². The SMILES string of the molecule is Cc1ccc(-n2nnnc2SC(C)C(=O)Nc2cccc([N+](=O)[O-])c2)c(C)c1. The number of nitro benzene ring substituents is 1. The number of tetrazole rings is 1. The fourth-order valence-corrected chi connectivity index (χ4v) is 3.40. The monoisotopic (exact) mass is 398 g/mol. The van der Waals surface area contributed by atoms with E-state index in [9.17, 15) is 14.9 Å². The Kier molecular flexibility index (Phi) is 5.69. The molecular formula is C18H18N6O3S. The lowest BCUT2D eigenvalue weighted by atomic mass is 10.1. The second-order valence-electron chi connectivity index (χ2n) is 6.22. The van der Waals surface area contributed by atoms with E-state index >= 15 is 0 Å². The molecule has 2 aromatic carbocycles. The zero-order valence-corrected chi connectivity index (χ0v) is 16.3. The van der Waals surface area contributed by atoms with Gasteiger partial charge in [-0.15, -0.1) is 5.10 Å². The quantitative estimate of drug-likeness (QED) is 0.385. The van der Waals surface area contributed by atoms with Crippen LogP contribution in [0.3, 0.4) is 0 Å². The predicted octanol–water partition coefficient (Wildman–Crippen LogP) is 3.31. The fraction of sp³-hybridized carbons (Fsp3) is 0.222. The number of non-ortho nitro benzene ring substituents is 1. The Morgan fingerprint density at radius 2 is 2.04 bits per heavy atom. The molecule has 9 nitrogen and oxygen atoms in total. The van der Waals surface area contributed by atoms with Crippen LogP contribution in [0.4, 0.5) is 11.4 Å². The van der Waals surface area contributed by atoms with E-state index in [1.54, 1.807) is 17.7 Å². The van der Waals surface area contributed by atoms with Crippen LogP contribution in [0, 0.1) is 24.0 Å². The summed E-state index contributed by atoms with van der Waals surface area (Å²) in [6.45, 7) is 5.70. The number of carbonyl (C=O) groups excluding carboxylic acids is 1. The first kappa shape index (κ1) is 19.5. The molecule has 3 rings (SSSR count). The zero-order chi connectivity index (χ0) is 20.3. The first-order chi connectivity index (χ1) is 13.3. The number of hydrogen-bond acceptors (Lipinski definition) is 7. The molecule has 1 unspecified atom stereocenters. The minimum Gasteiger partial charge on any atom is -0.325 e. The average molecular weight is 398 g/mol. The van der Waals surface area contributed by atoms with E-state index in [4.69, 9.17) is 0 Å². The number of anilines is 1. The van der Waals surface area contributed by atoms with Crippen LogP contribution >= 0.6 is 11.8 Å². The van der Waals surface area contributed by atoms with Gasteiger partial charge in [-0.25, -0.2) is 0 Å². The lowest BCUT2D eigenvalue weighted by Gasteiger charge is -2.12. The molecule has 0 radical (unpaired) electrons. The van der Waals surface area contributed by atoms with E-state index in [1.165, 1.54) is 30.0 Å². The fourth-order valence-electron chi connectivity index (χ4n) is 2.60. The number of aryl methyl sites for hydroxylation is 2. The van der Waals surface area contributed by atoms with Crippen molar-refractivity contribution in [1.82, 2.24) is 20.2 Å². The molecule has 0 aliphatic heterocycles. The normalized spacial score (nSPS) is 11.8. The molecule has 0 bridgehead atoms. The van der Waals surface area contributed by atoms with Gasteiger partial charge in [0.1, 0.15) is 0 Å². The molecule has 1 N–H and O–H groups in total. The maximum absolute atomic E-state index is 12.5. The summed E-state index contributed by atoms with van der Waals surface area (Å²) < 4.78 is 1.59. The topological polar surface area (TPSA) is 116 Å². The molecule has 1 atom stereocenters. The van der Waals surface area contributed by atoms with Gasteiger partial charge < -0.3 is 5.32 Å². The number of benzene rings is 2. The van der Waals surface area contributed by atoms with Crippen molar-refractivity contribution in [3.8, 4) is 5.69 Å². The molecule has 0 saturated heterocycles. The Hall–Kier alpha value is -3.27. The standard InChI is InChI=1S/C18H18N6O3S/c1-11-7-8-16(12(2)9-11)23-18(20-21-22-23)28-13(3)17(25)19-14-5-4-6-15(10-14)24(26)27/h4-10,13H,1-3H3,(H,19,25). The second-order valence-corrected chi connectivity index (χ2v) is 7.53. The van der Waals surface area contributed by atoms with E-state index in [0.717, 1.165) is 16.8 Å². The Morgan fingerprint density at radius 3 is 2.75 bits per heavy atom. The van der Waals surface area contributed by atoms with Gasteiger partial charge in [0.15, 0.2) is 0 Å². The van der Waals surface area contributed by atoms with Crippen LogP contribution in [0.25, 0.3) is 5.69 Å². The molecule has 0 aliphatic rings. The number of amides is 1. The molecular weight excluding hydrogens is 380 g/mol. The van der Waals surface area contributed by atoms with E-state index in [0.29, 0.717) is 10.8 Å². The molecule has 28 heavy (non-hydrogen) atoms. The summed E-state index contributed by atoms with van der Waals surface area (Å²) in [5.74, 6) is -0.305. The van der Waals surface area contributed by atoms with Gasteiger partial charge in [0.25, 0.3) is 5.69 Å². The molecule has 0 aliphatic carbocycles. The van der Waals surface area contributed by atoms with Crippen LogP contribution in [0.2, 0.25) is 0 Å². The molecule has 1 heterocycles. The zero-order valence-electron chi connectivity index (χ0n) is 15.5. The summed E-state index contributed by atoms with van der Waals surface area (Å²) in [7, 11) is 0. The Morgan fingerprint density at radius 1 is 1.25 bits per heavy atom. The highest BCUT2D eigenvalue weighted by atomic mass is 32.2. The van der Waals surface area contributed by atoms with E-state index in [1.807, 2.05) is 32.0 Å². The summed E-state index contributed by atoms with van der Waals surface area (Å²) in [4.78, 5) is 22.9. The number of carbonyl (C=O) groups is 1. The molecule has 10 heteroatoms. The first-order valence-corrected chi connectivity index (χ1v) is 9.31. The summed E-state index contributed by atoms with van der Waals surface area (Å²) in [5.41, 5.74) is 3.26. The van der Waals surface area contributed by atoms with Crippen molar-refractivity contribution in [2.24, 2.45) is 0 Å². The molecule has 0 fully saturated rings. The average Bonchev–Trinajstić information content (AvgIpc) is 3.09. The van der Waals surface area contributed by atoms with Crippen molar-refractivity contribution in [1.29, 1.82) is 0 Å². The van der Waals surface area contributed by atoms with Crippen LogP contribution < -0.4 is 5.32 Å². The Balaban J connectivity index is 1.74. The van der Waals surface area contributed by atoms with Crippen molar-refractivity contribution in [3.63, 3.8) is 0 Å². The highest BCUT2D eigenvalue weighted by Gasteiger charge is 2.20. The van der Waals surface area contributed by atoms with Gasteiger partial charge in [0.2, 0.25) is 11.1 Å². The first-order valence-electron chi connectivity index (χ1n) is 8.43. The lowest BCUT2D eigenvalue weighted by Crippen LogP contribution is -2.23. The minimum absolute atomic E-state index is 0.0862. The van der Waals surface area contributed by atoms with Gasteiger partial charge in [-0.2, -0.15) is 4.68 Å². The molecule has 3 aromatic rings. The van der Waals surface area contributed by atoms with Crippen LogP contribution in [0.5, 0.6) is 0 Å². The number of nitrogens with zero attached hydrogens (tertiary/aromatic N) is 5. The smallest absolute Gasteiger partial charge is 0.271 e. The van der Waals surface area contributed by atoms with Crippen molar-refractivity contribution in [2.75, 3.05) is 5.32 Å². The highest BCUT2D eigenvalue weighted by molar-refractivity contribution is 8.00. The number of hydrogen-bond donors (Lipinski definition) is 1. The summed E-state index contributed by atoms with van der Waals surface area (Å²) in [6.07, 6.45) is 0. The highest BCUT2D eigenvalue weighted by Crippen LogP contribution is 2.26. The van der Waals surface area contributed by atoms with Gasteiger partial charge >= 0.3 is 0 Å². The predicted molar refractivity (Wildman–Crippen MR) is 106 cm³/mol. The largest absolute Gasteiger partial charge is 0.325 e. The Bertz CT molecular complexity index is 1040. The number of rotatable bonds is 6. The summed E-state index contributed by atoms with van der Waals surface area (Å²) in [5, 5.41) is 25.3. The van der Waals surface area contributed by atoms with Crippen molar-refractivity contribution in [3.05, 3.63) is 63.7 Å². The Labute approximate surface area is 165 Å². The van der Waals surface area contributed by atoms with Crippen LogP contribution in [0.15, 0.2) is 47.6 Å². The van der Waals surface area contributed by atoms with E-state index in [-0.39, 0.29) is 11.6 Å². The molecule has 1 aromatic heterocycles. The minimum atomic E-state index is -0.519. The van der Waals surface area contributed by atoms with Crippen LogP contribution in [-0.4, -0.2) is 36.3 Å². The van der Waals surface area contributed by atoms with Gasteiger partial charge in [0, 0.05) is 17.8 Å². The van der Waals surface area contributed by atoms with Gasteiger partial charge in [-0.05, 0) is 48.9 Å². The lowest BCUT2D eigenvalue weighted by molar-refractivity contribution is -0.384. The summed E-state index contributed by atoms with van der Waals surface area (Å²) in [6, 6.07) is 11.7. The third-order valence-electron chi connectivity index (χ3n) is 4.00. The maximum atomic E-state index is 12.5. The van der Waals surface area contributed by atoms with Crippen molar-refractivity contribution < 1.29 is 9.72 Å². The van der Waals surface area contributed by atoms with Gasteiger partial charge in [-0.1, -0.05) is 35.5 Å². The van der Waals surface area contributed by atoms with E-state index < -0.39 is 10.2 Å². The van der Waals surface area contributed by atoms with Crippen molar-refractivity contribution in [2.45, 2.75) is 31.2 Å². The van der Waals surface area contributed by atoms with Gasteiger partial charge in [-0.3, -0.25) is 14.9 Å². The third-order valence-corrected chi connectivity index (χ3v) is 5.03. The van der Waals surface area contributed by atoms with Gasteiger partial charge in [0.05, 0.1) is 15.9 Å². The summed E-state index contributed by atoms with van der Waals surface area (Å²) >= 11 is 1.20.